The maximum Gasteiger partial charge on any atom is 0.101 e. The molecule has 17 heavy (non-hydrogen) atoms. The second-order valence-corrected chi connectivity index (χ2v) is 5.22. The molecule has 1 N–H and O–H groups in total. The third-order valence-corrected chi connectivity index (χ3v) is 4.00. The Hall–Kier alpha value is -1.53. The average Bonchev–Trinajstić information content (AvgIpc) is 2.89. The van der Waals surface area contributed by atoms with Crippen LogP contribution in [0.25, 0.3) is 0 Å². The van der Waals surface area contributed by atoms with E-state index in [0.29, 0.717) is 0 Å². The minimum Gasteiger partial charge on any atom is -0.370 e. The first-order valence-corrected chi connectivity index (χ1v) is 6.24. The van der Waals surface area contributed by atoms with Gasteiger partial charge < -0.3 is 10.2 Å². The first-order chi connectivity index (χ1) is 8.28. The molecule has 2 saturated heterocycles. The van der Waals surface area contributed by atoms with Crippen LogP contribution in [0.1, 0.15) is 11.1 Å². The predicted molar refractivity (Wildman–Crippen MR) is 68.0 cm³/mol. The lowest BCUT2D eigenvalue weighted by atomic mass is 10.0. The van der Waals surface area contributed by atoms with Crippen LogP contribution in [0.2, 0.25) is 0 Å². The van der Waals surface area contributed by atoms with Crippen LogP contribution in [-0.4, -0.2) is 26.2 Å². The lowest BCUT2D eigenvalue weighted by Crippen LogP contribution is -2.26. The summed E-state index contributed by atoms with van der Waals surface area (Å²) in [5, 5.41) is 12.7. The fourth-order valence-corrected chi connectivity index (χ4v) is 3.07. The molecule has 3 nitrogen and oxygen atoms in total. The summed E-state index contributed by atoms with van der Waals surface area (Å²) in [4.78, 5) is 2.38. The van der Waals surface area contributed by atoms with Gasteiger partial charge in [-0.1, -0.05) is 6.07 Å². The Balaban J connectivity index is 1.88. The van der Waals surface area contributed by atoms with Crippen molar-refractivity contribution in [2.75, 3.05) is 31.1 Å². The summed E-state index contributed by atoms with van der Waals surface area (Å²) < 4.78 is 0. The molecule has 2 atom stereocenters. The minimum absolute atomic E-state index is 0.767. The molecule has 0 aliphatic carbocycles. The van der Waals surface area contributed by atoms with Crippen LogP contribution in [-0.2, 0) is 0 Å². The van der Waals surface area contributed by atoms with Gasteiger partial charge in [0, 0.05) is 26.2 Å². The second-order valence-electron chi connectivity index (χ2n) is 5.22. The molecule has 88 valence electrons. The van der Waals surface area contributed by atoms with Gasteiger partial charge in [-0.3, -0.25) is 0 Å². The van der Waals surface area contributed by atoms with Crippen molar-refractivity contribution < 1.29 is 0 Å². The molecule has 0 aromatic heterocycles. The van der Waals surface area contributed by atoms with Crippen LogP contribution in [0.5, 0.6) is 0 Å². The van der Waals surface area contributed by atoms with Gasteiger partial charge in [0.15, 0.2) is 0 Å². The zero-order valence-electron chi connectivity index (χ0n) is 10.1. The number of fused-ring (bicyclic) bond motifs is 1. The molecule has 0 spiro atoms. The lowest BCUT2D eigenvalue weighted by Gasteiger charge is -2.21. The van der Waals surface area contributed by atoms with Crippen LogP contribution in [0.15, 0.2) is 18.2 Å². The van der Waals surface area contributed by atoms with E-state index >= 15 is 0 Å². The number of anilines is 1. The lowest BCUT2D eigenvalue weighted by molar-refractivity contribution is 0.533. The fraction of sp³-hybridized carbons (Fsp3) is 0.500. The van der Waals surface area contributed by atoms with E-state index in [1.54, 1.807) is 0 Å². The Morgan fingerprint density at radius 3 is 2.65 bits per heavy atom. The molecule has 2 fully saturated rings. The number of aryl methyl sites for hydroxylation is 1. The van der Waals surface area contributed by atoms with E-state index in [2.05, 4.69) is 28.4 Å². The van der Waals surface area contributed by atoms with Gasteiger partial charge >= 0.3 is 0 Å². The zero-order chi connectivity index (χ0) is 11.8. The van der Waals surface area contributed by atoms with E-state index in [1.165, 1.54) is 0 Å². The van der Waals surface area contributed by atoms with Crippen molar-refractivity contribution in [2.45, 2.75) is 6.92 Å². The summed E-state index contributed by atoms with van der Waals surface area (Å²) in [6.07, 6.45) is 0. The van der Waals surface area contributed by atoms with Crippen molar-refractivity contribution in [1.29, 1.82) is 5.26 Å². The van der Waals surface area contributed by atoms with Crippen molar-refractivity contribution in [3.8, 4) is 6.07 Å². The van der Waals surface area contributed by atoms with E-state index < -0.39 is 0 Å². The number of nitrogens with one attached hydrogen (secondary N) is 1. The number of nitrogens with zero attached hydrogens (tertiary/aromatic N) is 2. The van der Waals surface area contributed by atoms with E-state index in [-0.39, 0.29) is 0 Å². The Labute approximate surface area is 102 Å². The normalized spacial score (nSPS) is 26.9. The number of benzene rings is 1. The van der Waals surface area contributed by atoms with Gasteiger partial charge in [-0.05, 0) is 36.5 Å². The molecule has 1 aromatic rings. The summed E-state index contributed by atoms with van der Waals surface area (Å²) in [6, 6.07) is 8.51. The highest BCUT2D eigenvalue weighted by molar-refractivity contribution is 5.61. The SMILES string of the molecule is Cc1ccc(N2C[C@H]3CNC[C@H]3C2)c(C#N)c1. The first kappa shape index (κ1) is 10.6. The number of hydrogen-bond donors (Lipinski definition) is 1. The molecule has 0 bridgehead atoms. The summed E-state index contributed by atoms with van der Waals surface area (Å²) in [5.74, 6) is 1.53. The van der Waals surface area contributed by atoms with Crippen molar-refractivity contribution >= 4 is 5.69 Å². The molecular formula is C14H17N3. The fourth-order valence-electron chi connectivity index (χ4n) is 3.07. The standard InChI is InChI=1S/C14H17N3/c1-10-2-3-14(11(4-10)5-15)17-8-12-6-16-7-13(12)9-17/h2-4,12-13,16H,6-9H2,1H3/t12-,13+. The smallest absolute Gasteiger partial charge is 0.101 e. The monoisotopic (exact) mass is 227 g/mol. The Kier molecular flexibility index (Phi) is 2.53. The van der Waals surface area contributed by atoms with Gasteiger partial charge in [0.25, 0.3) is 0 Å². The summed E-state index contributed by atoms with van der Waals surface area (Å²) in [5.41, 5.74) is 3.09. The van der Waals surface area contributed by atoms with Gasteiger partial charge in [-0.15, -0.1) is 0 Å². The van der Waals surface area contributed by atoms with E-state index in [1.807, 2.05) is 13.0 Å². The molecule has 2 aliphatic rings. The van der Waals surface area contributed by atoms with Crippen molar-refractivity contribution in [3.05, 3.63) is 29.3 Å². The maximum absolute atomic E-state index is 9.22. The molecule has 3 rings (SSSR count). The van der Waals surface area contributed by atoms with E-state index in [0.717, 1.165) is 54.8 Å². The highest BCUT2D eigenvalue weighted by Gasteiger charge is 2.36. The summed E-state index contributed by atoms with van der Waals surface area (Å²) in [7, 11) is 0. The van der Waals surface area contributed by atoms with Crippen LogP contribution < -0.4 is 10.2 Å². The number of nitriles is 1. The first-order valence-electron chi connectivity index (χ1n) is 6.24. The molecule has 0 unspecified atom stereocenters. The third-order valence-electron chi connectivity index (χ3n) is 4.00. The molecular weight excluding hydrogens is 210 g/mol. The van der Waals surface area contributed by atoms with Crippen LogP contribution in [0, 0.1) is 30.1 Å². The van der Waals surface area contributed by atoms with Crippen LogP contribution in [0.3, 0.4) is 0 Å². The quantitative estimate of drug-likeness (QED) is 0.790. The highest BCUT2D eigenvalue weighted by atomic mass is 15.2. The molecule has 2 heterocycles. The predicted octanol–water partition coefficient (Wildman–Crippen LogP) is 1.52. The van der Waals surface area contributed by atoms with Crippen molar-refractivity contribution in [3.63, 3.8) is 0 Å². The maximum atomic E-state index is 9.22. The molecule has 3 heteroatoms. The van der Waals surface area contributed by atoms with E-state index in [4.69, 9.17) is 0 Å². The van der Waals surface area contributed by atoms with Crippen molar-refractivity contribution in [2.24, 2.45) is 11.8 Å². The number of rotatable bonds is 1. The Morgan fingerprint density at radius 2 is 2.00 bits per heavy atom. The number of hydrogen-bond acceptors (Lipinski definition) is 3. The van der Waals surface area contributed by atoms with Gasteiger partial charge in [-0.25, -0.2) is 0 Å². The van der Waals surface area contributed by atoms with Crippen molar-refractivity contribution in [1.82, 2.24) is 5.32 Å². The summed E-state index contributed by atoms with van der Waals surface area (Å²) in [6.45, 7) is 6.49. The van der Waals surface area contributed by atoms with Gasteiger partial charge in [-0.2, -0.15) is 5.26 Å². The van der Waals surface area contributed by atoms with Crippen LogP contribution >= 0.6 is 0 Å². The minimum atomic E-state index is 0.767. The van der Waals surface area contributed by atoms with Gasteiger partial charge in [0.05, 0.1) is 11.3 Å². The van der Waals surface area contributed by atoms with E-state index in [9.17, 15) is 5.26 Å². The molecule has 0 amide bonds. The second kappa shape index (κ2) is 4.05. The molecule has 2 aliphatic heterocycles. The zero-order valence-corrected chi connectivity index (χ0v) is 10.1. The van der Waals surface area contributed by atoms with Gasteiger partial charge in [0.1, 0.15) is 6.07 Å². The Morgan fingerprint density at radius 1 is 1.29 bits per heavy atom. The summed E-state index contributed by atoms with van der Waals surface area (Å²) >= 11 is 0. The third kappa shape index (κ3) is 1.79. The largest absolute Gasteiger partial charge is 0.370 e. The average molecular weight is 227 g/mol. The topological polar surface area (TPSA) is 39.1 Å². The van der Waals surface area contributed by atoms with Crippen LogP contribution in [0.4, 0.5) is 5.69 Å². The Bertz CT molecular complexity index is 463. The molecule has 0 radical (unpaired) electrons. The molecule has 0 saturated carbocycles. The molecule has 1 aromatic carbocycles. The van der Waals surface area contributed by atoms with Gasteiger partial charge in [0.2, 0.25) is 0 Å². The highest BCUT2D eigenvalue weighted by Crippen LogP contribution is 2.32.